The van der Waals surface area contributed by atoms with Crippen molar-refractivity contribution in [2.45, 2.75) is 98.0 Å². The number of carbonyl (C=O) groups excluding carboxylic acids is 1. The zero-order chi connectivity index (χ0) is 19.8. The number of esters is 1. The molecule has 0 spiro atoms. The van der Waals surface area contributed by atoms with Crippen molar-refractivity contribution in [2.24, 2.45) is 40.4 Å². The summed E-state index contributed by atoms with van der Waals surface area (Å²) in [6.07, 6.45) is 13.8. The van der Waals surface area contributed by atoms with Gasteiger partial charge in [0.1, 0.15) is 6.10 Å². The summed E-state index contributed by atoms with van der Waals surface area (Å²) in [5.41, 5.74) is 1.14. The van der Waals surface area contributed by atoms with E-state index in [2.05, 4.69) is 20.8 Å². The SMILES string of the molecule is CCC1CCC2C3CCC4CC(OC(C)=O)CCC4(C)C3CCC12C.OP. The second-order valence-electron chi connectivity index (χ2n) is 10.4. The fraction of sp³-hybridized carbons (Fsp3) is 0.957. The number of ether oxygens (including phenoxy) is 1. The first-order valence-electron chi connectivity index (χ1n) is 11.3. The van der Waals surface area contributed by atoms with E-state index in [1.54, 1.807) is 6.92 Å². The van der Waals surface area contributed by atoms with Gasteiger partial charge in [-0.3, -0.25) is 4.79 Å². The van der Waals surface area contributed by atoms with Crippen molar-refractivity contribution in [3.8, 4) is 0 Å². The minimum Gasteiger partial charge on any atom is -0.463 e. The van der Waals surface area contributed by atoms with Crippen molar-refractivity contribution in [3.05, 3.63) is 0 Å². The van der Waals surface area contributed by atoms with Gasteiger partial charge >= 0.3 is 5.97 Å². The molecular weight excluding hydrogens is 355 g/mol. The predicted molar refractivity (Wildman–Crippen MR) is 113 cm³/mol. The van der Waals surface area contributed by atoms with Crippen LogP contribution >= 0.6 is 9.47 Å². The maximum absolute atomic E-state index is 11.4. The molecule has 4 heteroatoms. The van der Waals surface area contributed by atoms with Crippen LogP contribution in [-0.2, 0) is 9.53 Å². The standard InChI is InChI=1S/C23H38O2.H3OP/c1-5-16-7-9-20-19-8-6-17-14-18(25-15(2)24)10-12-23(17,4)21(19)11-13-22(16,20)3;1-2/h16-21H,5-14H2,1-4H3;1H,2H2. The van der Waals surface area contributed by atoms with Gasteiger partial charge in [0.05, 0.1) is 0 Å². The summed E-state index contributed by atoms with van der Waals surface area (Å²) in [6, 6.07) is 0. The van der Waals surface area contributed by atoms with Crippen LogP contribution in [0.4, 0.5) is 0 Å². The van der Waals surface area contributed by atoms with Crippen LogP contribution in [0, 0.1) is 40.4 Å². The number of rotatable bonds is 2. The Morgan fingerprint density at radius 3 is 2.33 bits per heavy atom. The Balaban J connectivity index is 0.00000102. The Morgan fingerprint density at radius 2 is 1.67 bits per heavy atom. The third kappa shape index (κ3) is 3.61. The summed E-state index contributed by atoms with van der Waals surface area (Å²) in [7, 11) is 1.42. The van der Waals surface area contributed by atoms with E-state index in [0.717, 1.165) is 42.4 Å². The van der Waals surface area contributed by atoms with E-state index in [4.69, 9.17) is 9.63 Å². The molecule has 0 amide bonds. The molecule has 0 aliphatic heterocycles. The zero-order valence-electron chi connectivity index (χ0n) is 17.9. The maximum atomic E-state index is 11.4. The first kappa shape index (κ1) is 21.6. The number of hydrogen-bond acceptors (Lipinski definition) is 3. The molecular formula is C23H41O3P. The highest BCUT2D eigenvalue weighted by Gasteiger charge is 2.59. The molecule has 1 N–H and O–H groups in total. The number of fused-ring (bicyclic) bond motifs is 5. The molecule has 4 saturated carbocycles. The third-order valence-electron chi connectivity index (χ3n) is 9.64. The Bertz CT molecular complexity index is 538. The summed E-state index contributed by atoms with van der Waals surface area (Å²) in [5, 5.41) is 0. The minimum atomic E-state index is -0.0905. The van der Waals surface area contributed by atoms with Gasteiger partial charge in [0, 0.05) is 6.92 Å². The minimum absolute atomic E-state index is 0.0905. The van der Waals surface area contributed by atoms with Gasteiger partial charge < -0.3 is 9.63 Å². The lowest BCUT2D eigenvalue weighted by molar-refractivity contribution is -0.160. The monoisotopic (exact) mass is 396 g/mol. The van der Waals surface area contributed by atoms with Gasteiger partial charge in [-0.2, -0.15) is 0 Å². The Morgan fingerprint density at radius 1 is 1.00 bits per heavy atom. The maximum Gasteiger partial charge on any atom is 0.302 e. The summed E-state index contributed by atoms with van der Waals surface area (Å²) in [5.74, 6) is 4.55. The smallest absolute Gasteiger partial charge is 0.302 e. The highest BCUT2D eigenvalue weighted by Crippen LogP contribution is 2.67. The molecule has 4 aliphatic rings. The van der Waals surface area contributed by atoms with Crippen LogP contribution in [0.5, 0.6) is 0 Å². The topological polar surface area (TPSA) is 46.5 Å². The molecule has 0 heterocycles. The van der Waals surface area contributed by atoms with Crippen LogP contribution in [0.1, 0.15) is 91.9 Å². The Hall–Kier alpha value is -0.140. The fourth-order valence-corrected chi connectivity index (χ4v) is 8.34. The molecule has 9 unspecified atom stereocenters. The summed E-state index contributed by atoms with van der Waals surface area (Å²) in [6.45, 7) is 9.23. The van der Waals surface area contributed by atoms with Gasteiger partial charge in [-0.05, 0) is 108 Å². The van der Waals surface area contributed by atoms with Crippen LogP contribution < -0.4 is 0 Å². The molecule has 0 saturated heterocycles. The first-order chi connectivity index (χ1) is 12.9. The first-order valence-corrected chi connectivity index (χ1v) is 11.8. The van der Waals surface area contributed by atoms with Crippen molar-refractivity contribution < 1.29 is 14.4 Å². The fourth-order valence-electron chi connectivity index (χ4n) is 8.34. The number of hydrogen-bond donors (Lipinski definition) is 1. The van der Waals surface area contributed by atoms with E-state index in [1.165, 1.54) is 60.8 Å². The van der Waals surface area contributed by atoms with Crippen LogP contribution in [0.25, 0.3) is 0 Å². The Labute approximate surface area is 168 Å². The van der Waals surface area contributed by atoms with Crippen molar-refractivity contribution in [3.63, 3.8) is 0 Å². The predicted octanol–water partition coefficient (Wildman–Crippen LogP) is 5.76. The number of carbonyl (C=O) groups is 1. The molecule has 4 rings (SSSR count). The van der Waals surface area contributed by atoms with Crippen molar-refractivity contribution in [2.75, 3.05) is 0 Å². The molecule has 0 aromatic heterocycles. The summed E-state index contributed by atoms with van der Waals surface area (Å²) >= 11 is 0. The highest BCUT2D eigenvalue weighted by atomic mass is 31.0. The second kappa shape index (κ2) is 8.31. The van der Waals surface area contributed by atoms with E-state index in [0.29, 0.717) is 10.8 Å². The molecule has 0 radical (unpaired) electrons. The van der Waals surface area contributed by atoms with E-state index in [-0.39, 0.29) is 12.1 Å². The molecule has 0 bridgehead atoms. The molecule has 4 fully saturated rings. The van der Waals surface area contributed by atoms with Crippen LogP contribution in [0.3, 0.4) is 0 Å². The summed E-state index contributed by atoms with van der Waals surface area (Å²) in [4.78, 5) is 18.3. The lowest BCUT2D eigenvalue weighted by atomic mass is 9.44. The van der Waals surface area contributed by atoms with Crippen molar-refractivity contribution in [1.82, 2.24) is 0 Å². The van der Waals surface area contributed by atoms with E-state index in [1.807, 2.05) is 0 Å². The van der Waals surface area contributed by atoms with Gasteiger partial charge in [0.25, 0.3) is 0 Å². The second-order valence-corrected chi connectivity index (χ2v) is 10.4. The average molecular weight is 397 g/mol. The molecule has 9 atom stereocenters. The van der Waals surface area contributed by atoms with Gasteiger partial charge in [-0.1, -0.05) is 27.2 Å². The molecule has 3 nitrogen and oxygen atoms in total. The molecule has 156 valence electrons. The van der Waals surface area contributed by atoms with E-state index < -0.39 is 0 Å². The quantitative estimate of drug-likeness (QED) is 0.477. The van der Waals surface area contributed by atoms with Crippen molar-refractivity contribution >= 4 is 15.4 Å². The normalized spacial score (nSPS) is 48.4. The third-order valence-corrected chi connectivity index (χ3v) is 9.64. The molecule has 27 heavy (non-hydrogen) atoms. The highest BCUT2D eigenvalue weighted by molar-refractivity contribution is 7.08. The van der Waals surface area contributed by atoms with Gasteiger partial charge in [0.15, 0.2) is 0 Å². The van der Waals surface area contributed by atoms with Crippen molar-refractivity contribution in [1.29, 1.82) is 0 Å². The van der Waals surface area contributed by atoms with Crippen LogP contribution in [-0.4, -0.2) is 17.0 Å². The zero-order valence-corrected chi connectivity index (χ0v) is 19.0. The average Bonchev–Trinajstić information content (AvgIpc) is 2.99. The van der Waals surface area contributed by atoms with Crippen LogP contribution in [0.2, 0.25) is 0 Å². The molecule has 0 aromatic carbocycles. The summed E-state index contributed by atoms with van der Waals surface area (Å²) < 4.78 is 5.60. The van der Waals surface area contributed by atoms with Crippen LogP contribution in [0.15, 0.2) is 0 Å². The largest absolute Gasteiger partial charge is 0.463 e. The Kier molecular flexibility index (Phi) is 6.64. The molecule has 0 aromatic rings. The van der Waals surface area contributed by atoms with Gasteiger partial charge in [0.2, 0.25) is 0 Å². The lowest BCUT2D eigenvalue weighted by Gasteiger charge is -2.61. The van der Waals surface area contributed by atoms with E-state index >= 15 is 0 Å². The van der Waals surface area contributed by atoms with E-state index in [9.17, 15) is 4.79 Å². The van der Waals surface area contributed by atoms with Gasteiger partial charge in [-0.25, -0.2) is 0 Å². The van der Waals surface area contributed by atoms with Gasteiger partial charge in [-0.15, -0.1) is 0 Å². The molecule has 4 aliphatic carbocycles. The lowest BCUT2D eigenvalue weighted by Crippen LogP contribution is -2.54.